The van der Waals surface area contributed by atoms with Gasteiger partial charge in [0.05, 0.1) is 20.1 Å². The highest BCUT2D eigenvalue weighted by Gasteiger charge is 2.34. The van der Waals surface area contributed by atoms with Crippen LogP contribution < -0.4 is 0 Å². The van der Waals surface area contributed by atoms with Crippen molar-refractivity contribution >= 4 is 23.4 Å². The Balaban J connectivity index is 1.58. The summed E-state index contributed by atoms with van der Waals surface area (Å²) in [5, 5.41) is 0. The zero-order valence-corrected chi connectivity index (χ0v) is 22.6. The van der Waals surface area contributed by atoms with Gasteiger partial charge in [-0.25, -0.2) is 0 Å². The molecule has 1 saturated heterocycles. The number of ketones is 2. The number of hydrogen-bond donors (Lipinski definition) is 0. The highest BCUT2D eigenvalue weighted by Crippen LogP contribution is 2.28. The van der Waals surface area contributed by atoms with Crippen LogP contribution >= 0.6 is 0 Å². The van der Waals surface area contributed by atoms with Crippen molar-refractivity contribution in [1.82, 2.24) is 9.80 Å². The van der Waals surface area contributed by atoms with E-state index in [4.69, 9.17) is 9.47 Å². The van der Waals surface area contributed by atoms with Crippen LogP contribution in [0, 0.1) is 5.92 Å². The minimum absolute atomic E-state index is 0.0637. The number of hydrogen-bond acceptors (Lipinski definition) is 6. The predicted octanol–water partition coefficient (Wildman–Crippen LogP) is 3.24. The first-order valence-electron chi connectivity index (χ1n) is 13.0. The van der Waals surface area contributed by atoms with Crippen molar-refractivity contribution in [2.24, 2.45) is 5.92 Å². The summed E-state index contributed by atoms with van der Waals surface area (Å²) in [6.07, 6.45) is 2.95. The molecule has 1 atom stereocenters. The summed E-state index contributed by atoms with van der Waals surface area (Å²) in [6, 6.07) is 7.73. The van der Waals surface area contributed by atoms with E-state index in [0.717, 1.165) is 24.0 Å². The fraction of sp³-hybridized carbons (Fsp3) is 0.517. The molecule has 2 aliphatic rings. The van der Waals surface area contributed by atoms with Crippen LogP contribution in [0.5, 0.6) is 0 Å². The van der Waals surface area contributed by atoms with Crippen molar-refractivity contribution in [2.45, 2.75) is 52.9 Å². The highest BCUT2D eigenvalue weighted by atomic mass is 16.5. The molecule has 0 saturated carbocycles. The molecule has 1 heterocycles. The molecule has 1 aromatic carbocycles. The fourth-order valence-electron chi connectivity index (χ4n) is 5.04. The zero-order chi connectivity index (χ0) is 27.1. The zero-order valence-electron chi connectivity index (χ0n) is 22.6. The molecule has 8 nitrogen and oxygen atoms in total. The average Bonchev–Trinajstić information content (AvgIpc) is 2.92. The Morgan fingerprint density at radius 2 is 1.57 bits per heavy atom. The molecular weight excluding hydrogens is 472 g/mol. The van der Waals surface area contributed by atoms with Crippen molar-refractivity contribution in [3.8, 4) is 0 Å². The Bertz CT molecular complexity index is 1100. The normalized spacial score (nSPS) is 18.3. The number of allylic oxidation sites excluding steroid dienone is 2. The minimum atomic E-state index is -0.345. The minimum Gasteiger partial charge on any atom is -0.489 e. The SMILES string of the molecule is CCN(CC)C(=O)C1CCCN(C(=O)CCc2ccc(CC3=C(C)C(=O)C(OC)=C(OC)C3=O)cc2)C1. The Morgan fingerprint density at radius 1 is 0.973 bits per heavy atom. The van der Waals surface area contributed by atoms with E-state index >= 15 is 0 Å². The quantitative estimate of drug-likeness (QED) is 0.449. The summed E-state index contributed by atoms with van der Waals surface area (Å²) in [6.45, 7) is 8.16. The molecular formula is C29H38N2O6. The van der Waals surface area contributed by atoms with Gasteiger partial charge in [-0.3, -0.25) is 19.2 Å². The Morgan fingerprint density at radius 3 is 2.16 bits per heavy atom. The number of methoxy groups -OCH3 is 2. The Kier molecular flexibility index (Phi) is 9.66. The number of amides is 2. The summed E-state index contributed by atoms with van der Waals surface area (Å²) in [7, 11) is 2.69. The van der Waals surface area contributed by atoms with Gasteiger partial charge in [-0.1, -0.05) is 24.3 Å². The van der Waals surface area contributed by atoms with Gasteiger partial charge in [-0.15, -0.1) is 0 Å². The van der Waals surface area contributed by atoms with Crippen LogP contribution in [0.4, 0.5) is 0 Å². The molecule has 37 heavy (non-hydrogen) atoms. The largest absolute Gasteiger partial charge is 0.489 e. The first-order valence-corrected chi connectivity index (χ1v) is 13.0. The fourth-order valence-corrected chi connectivity index (χ4v) is 5.04. The average molecular weight is 511 g/mol. The van der Waals surface area contributed by atoms with Gasteiger partial charge in [0.15, 0.2) is 0 Å². The number of carbonyl (C=O) groups is 4. The topological polar surface area (TPSA) is 93.2 Å². The van der Waals surface area contributed by atoms with Crippen molar-refractivity contribution in [2.75, 3.05) is 40.4 Å². The smallest absolute Gasteiger partial charge is 0.228 e. The summed E-state index contributed by atoms with van der Waals surface area (Å²) in [5.41, 5.74) is 2.65. The number of Topliss-reactive ketones (excluding diaryl/α,β-unsaturated/α-hetero) is 2. The van der Waals surface area contributed by atoms with E-state index in [0.29, 0.717) is 56.6 Å². The molecule has 2 amide bonds. The lowest BCUT2D eigenvalue weighted by molar-refractivity contribution is -0.140. The monoisotopic (exact) mass is 510 g/mol. The molecule has 3 rings (SSSR count). The third kappa shape index (κ3) is 6.29. The van der Waals surface area contributed by atoms with Gasteiger partial charge in [0.1, 0.15) is 0 Å². The summed E-state index contributed by atoms with van der Waals surface area (Å²) >= 11 is 0. The van der Waals surface area contributed by atoms with Crippen LogP contribution in [-0.2, 0) is 41.5 Å². The highest BCUT2D eigenvalue weighted by molar-refractivity contribution is 6.23. The number of ether oxygens (including phenoxy) is 2. The van der Waals surface area contributed by atoms with Crippen LogP contribution in [0.15, 0.2) is 46.9 Å². The van der Waals surface area contributed by atoms with Crippen molar-refractivity contribution in [1.29, 1.82) is 0 Å². The van der Waals surface area contributed by atoms with Crippen LogP contribution in [0.25, 0.3) is 0 Å². The molecule has 200 valence electrons. The maximum absolute atomic E-state index is 12.9. The third-order valence-electron chi connectivity index (χ3n) is 7.32. The second kappa shape index (κ2) is 12.7. The molecule has 1 unspecified atom stereocenters. The molecule has 0 N–H and O–H groups in total. The van der Waals surface area contributed by atoms with Crippen molar-refractivity contribution in [3.05, 3.63) is 58.1 Å². The van der Waals surface area contributed by atoms with Crippen molar-refractivity contribution < 1.29 is 28.7 Å². The maximum Gasteiger partial charge on any atom is 0.228 e. The molecule has 1 fully saturated rings. The van der Waals surface area contributed by atoms with Gasteiger partial charge < -0.3 is 19.3 Å². The molecule has 0 spiro atoms. The predicted molar refractivity (Wildman–Crippen MR) is 139 cm³/mol. The van der Waals surface area contributed by atoms with Crippen LogP contribution in [0.2, 0.25) is 0 Å². The van der Waals surface area contributed by atoms with Crippen molar-refractivity contribution in [3.63, 3.8) is 0 Å². The van der Waals surface area contributed by atoms with E-state index < -0.39 is 0 Å². The van der Waals surface area contributed by atoms with E-state index in [1.54, 1.807) is 6.92 Å². The number of benzene rings is 1. The molecule has 8 heteroatoms. The van der Waals surface area contributed by atoms with Gasteiger partial charge in [-0.2, -0.15) is 0 Å². The molecule has 0 aromatic heterocycles. The van der Waals surface area contributed by atoms with E-state index in [-0.39, 0.29) is 40.8 Å². The maximum atomic E-state index is 12.9. The van der Waals surface area contributed by atoms with Gasteiger partial charge in [0.2, 0.25) is 34.9 Å². The lowest BCUT2D eigenvalue weighted by atomic mass is 9.88. The first-order chi connectivity index (χ1) is 17.7. The number of likely N-dealkylation sites (tertiary alicyclic amines) is 1. The molecule has 0 radical (unpaired) electrons. The van der Waals surface area contributed by atoms with Gasteiger partial charge in [0, 0.05) is 50.2 Å². The van der Waals surface area contributed by atoms with E-state index in [1.165, 1.54) is 14.2 Å². The van der Waals surface area contributed by atoms with Gasteiger partial charge in [-0.05, 0) is 51.2 Å². The third-order valence-corrected chi connectivity index (χ3v) is 7.32. The van der Waals surface area contributed by atoms with Crippen LogP contribution in [0.1, 0.15) is 51.2 Å². The van der Waals surface area contributed by atoms with Crippen LogP contribution in [0.3, 0.4) is 0 Å². The van der Waals surface area contributed by atoms with Gasteiger partial charge >= 0.3 is 0 Å². The number of aryl methyl sites for hydroxylation is 1. The molecule has 1 aliphatic carbocycles. The molecule has 0 bridgehead atoms. The van der Waals surface area contributed by atoms with E-state index in [9.17, 15) is 19.2 Å². The number of nitrogens with zero attached hydrogens (tertiary/aromatic N) is 2. The van der Waals surface area contributed by atoms with E-state index in [2.05, 4.69) is 0 Å². The number of rotatable bonds is 10. The summed E-state index contributed by atoms with van der Waals surface area (Å²) < 4.78 is 10.2. The lowest BCUT2D eigenvalue weighted by Crippen LogP contribution is -2.46. The molecule has 1 aromatic rings. The Labute approximate surface area is 219 Å². The second-order valence-electron chi connectivity index (χ2n) is 9.51. The Hall–Kier alpha value is -3.42. The summed E-state index contributed by atoms with van der Waals surface area (Å²) in [4.78, 5) is 54.8. The number of carbonyl (C=O) groups excluding carboxylic acids is 4. The molecule has 1 aliphatic heterocycles. The van der Waals surface area contributed by atoms with E-state index in [1.807, 2.05) is 47.9 Å². The standard InChI is InChI=1S/C29H38N2O6/c1-6-30(7-2)29(35)22-9-8-16-31(18-22)24(32)15-14-20-10-12-21(13-11-20)17-23-19(3)25(33)27(36-4)28(37-5)26(23)34/h10-13,22H,6-9,14-18H2,1-5H3. The second-order valence-corrected chi connectivity index (χ2v) is 9.51. The lowest BCUT2D eigenvalue weighted by Gasteiger charge is -2.34. The first kappa shape index (κ1) is 28.2. The number of piperidine rings is 1. The summed E-state index contributed by atoms with van der Waals surface area (Å²) in [5.74, 6) is -0.715. The van der Waals surface area contributed by atoms with Gasteiger partial charge in [0.25, 0.3) is 0 Å². The van der Waals surface area contributed by atoms with Crippen LogP contribution in [-0.4, -0.2) is 73.6 Å².